The Balaban J connectivity index is 3.07. The molecular weight excluding hydrogens is 180 g/mol. The minimum atomic E-state index is -0.155. The maximum absolute atomic E-state index is 5.57. The maximum atomic E-state index is 5.57. The van der Waals surface area contributed by atoms with Crippen LogP contribution in [0.5, 0.6) is 0 Å². The monoisotopic (exact) mass is 196 g/mol. The summed E-state index contributed by atoms with van der Waals surface area (Å²) in [6.07, 6.45) is -0.155. The first-order valence-corrected chi connectivity index (χ1v) is 4.58. The molecule has 2 N–H and O–H groups in total. The average molecular weight is 196 g/mol. The van der Waals surface area contributed by atoms with Crippen molar-refractivity contribution in [2.45, 2.75) is 32.8 Å². The summed E-state index contributed by atoms with van der Waals surface area (Å²) in [5.41, 5.74) is 5.57. The van der Waals surface area contributed by atoms with Gasteiger partial charge in [-0.25, -0.2) is 4.98 Å². The first kappa shape index (κ1) is 10.8. The molecule has 0 fully saturated rings. The number of anilines is 1. The number of nitrogens with two attached hydrogens (primary N) is 1. The van der Waals surface area contributed by atoms with Gasteiger partial charge < -0.3 is 10.5 Å². The quantitative estimate of drug-likeness (QED) is 0.788. The number of rotatable bonds is 3. The van der Waals surface area contributed by atoms with Crippen LogP contribution in [0.2, 0.25) is 0 Å². The first-order valence-electron chi connectivity index (χ1n) is 4.58. The van der Waals surface area contributed by atoms with Crippen LogP contribution < -0.4 is 5.73 Å². The standard InChI is InChI=1S/C9H16N4O/c1-5(2)7-11-8(6(3)14-4)13-9(10)12-7/h5-6H,1-4H3,(H2,10,11,12,13). The highest BCUT2D eigenvalue weighted by atomic mass is 16.5. The van der Waals surface area contributed by atoms with Gasteiger partial charge in [0.1, 0.15) is 11.9 Å². The number of ether oxygens (including phenoxy) is 1. The predicted molar refractivity (Wildman–Crippen MR) is 53.8 cm³/mol. The highest BCUT2D eigenvalue weighted by molar-refractivity contribution is 5.17. The topological polar surface area (TPSA) is 73.9 Å². The summed E-state index contributed by atoms with van der Waals surface area (Å²) in [4.78, 5) is 12.3. The fraction of sp³-hybridized carbons (Fsp3) is 0.667. The molecule has 14 heavy (non-hydrogen) atoms. The highest BCUT2D eigenvalue weighted by Gasteiger charge is 2.12. The molecule has 1 aromatic heterocycles. The zero-order valence-corrected chi connectivity index (χ0v) is 8.98. The summed E-state index contributed by atoms with van der Waals surface area (Å²) in [6.45, 7) is 5.89. The number of methoxy groups -OCH3 is 1. The Labute approximate surface area is 83.7 Å². The molecule has 1 aromatic rings. The Morgan fingerprint density at radius 1 is 1.07 bits per heavy atom. The molecule has 0 saturated carbocycles. The summed E-state index contributed by atoms with van der Waals surface area (Å²) in [5.74, 6) is 1.78. The smallest absolute Gasteiger partial charge is 0.223 e. The lowest BCUT2D eigenvalue weighted by atomic mass is 10.2. The lowest BCUT2D eigenvalue weighted by molar-refractivity contribution is 0.111. The van der Waals surface area contributed by atoms with Crippen molar-refractivity contribution in [3.05, 3.63) is 11.6 Å². The van der Waals surface area contributed by atoms with Gasteiger partial charge in [-0.1, -0.05) is 13.8 Å². The molecule has 78 valence electrons. The van der Waals surface area contributed by atoms with Crippen LogP contribution in [-0.4, -0.2) is 22.1 Å². The van der Waals surface area contributed by atoms with Gasteiger partial charge in [-0.05, 0) is 6.92 Å². The molecule has 5 nitrogen and oxygen atoms in total. The van der Waals surface area contributed by atoms with Crippen LogP contribution in [0.25, 0.3) is 0 Å². The SMILES string of the molecule is COC(C)c1nc(N)nc(C(C)C)n1. The van der Waals surface area contributed by atoms with Gasteiger partial charge in [0, 0.05) is 13.0 Å². The number of hydrogen-bond acceptors (Lipinski definition) is 5. The van der Waals surface area contributed by atoms with Crippen molar-refractivity contribution >= 4 is 5.95 Å². The van der Waals surface area contributed by atoms with Gasteiger partial charge in [-0.3, -0.25) is 0 Å². The Bertz CT molecular complexity index is 314. The van der Waals surface area contributed by atoms with Crippen LogP contribution in [0.4, 0.5) is 5.95 Å². The van der Waals surface area contributed by atoms with Crippen molar-refractivity contribution in [3.8, 4) is 0 Å². The van der Waals surface area contributed by atoms with Crippen LogP contribution in [0.1, 0.15) is 44.4 Å². The molecule has 0 spiro atoms. The van der Waals surface area contributed by atoms with E-state index in [0.29, 0.717) is 11.6 Å². The van der Waals surface area contributed by atoms with Crippen molar-refractivity contribution < 1.29 is 4.74 Å². The third kappa shape index (κ3) is 2.38. The molecule has 0 aromatic carbocycles. The van der Waals surface area contributed by atoms with Crippen LogP contribution in [0.15, 0.2) is 0 Å². The van der Waals surface area contributed by atoms with E-state index >= 15 is 0 Å². The third-order valence-corrected chi connectivity index (χ3v) is 1.92. The van der Waals surface area contributed by atoms with Crippen LogP contribution in [0, 0.1) is 0 Å². The van der Waals surface area contributed by atoms with Crippen molar-refractivity contribution in [3.63, 3.8) is 0 Å². The van der Waals surface area contributed by atoms with Gasteiger partial charge >= 0.3 is 0 Å². The lowest BCUT2D eigenvalue weighted by Crippen LogP contribution is -2.11. The molecule has 0 aliphatic carbocycles. The van der Waals surface area contributed by atoms with Gasteiger partial charge in [0.2, 0.25) is 5.95 Å². The molecule has 1 unspecified atom stereocenters. The van der Waals surface area contributed by atoms with Gasteiger partial charge in [0.15, 0.2) is 5.82 Å². The van der Waals surface area contributed by atoms with Crippen molar-refractivity contribution in [2.75, 3.05) is 12.8 Å². The molecule has 0 bridgehead atoms. The highest BCUT2D eigenvalue weighted by Crippen LogP contribution is 2.15. The fourth-order valence-corrected chi connectivity index (χ4v) is 0.973. The first-order chi connectivity index (χ1) is 6.54. The van der Waals surface area contributed by atoms with Gasteiger partial charge in [-0.2, -0.15) is 9.97 Å². The predicted octanol–water partition coefficient (Wildman–Crippen LogP) is 1.28. The number of nitrogens with zero attached hydrogens (tertiary/aromatic N) is 3. The summed E-state index contributed by atoms with van der Waals surface area (Å²) < 4.78 is 5.12. The second-order valence-electron chi connectivity index (χ2n) is 3.44. The summed E-state index contributed by atoms with van der Waals surface area (Å²) in [7, 11) is 1.61. The Kier molecular flexibility index (Phi) is 3.35. The minimum absolute atomic E-state index is 0.155. The third-order valence-electron chi connectivity index (χ3n) is 1.92. The van der Waals surface area contributed by atoms with E-state index in [0.717, 1.165) is 0 Å². The Morgan fingerprint density at radius 3 is 2.14 bits per heavy atom. The molecular formula is C9H16N4O. The van der Waals surface area contributed by atoms with E-state index in [4.69, 9.17) is 10.5 Å². The second kappa shape index (κ2) is 4.32. The van der Waals surface area contributed by atoms with Gasteiger partial charge in [0.05, 0.1) is 0 Å². The van der Waals surface area contributed by atoms with Gasteiger partial charge in [-0.15, -0.1) is 0 Å². The van der Waals surface area contributed by atoms with E-state index in [9.17, 15) is 0 Å². The summed E-state index contributed by atoms with van der Waals surface area (Å²) >= 11 is 0. The molecule has 0 saturated heterocycles. The molecule has 0 aliphatic heterocycles. The van der Waals surface area contributed by atoms with E-state index in [1.807, 2.05) is 20.8 Å². The number of hydrogen-bond donors (Lipinski definition) is 1. The van der Waals surface area contributed by atoms with Crippen molar-refractivity contribution in [1.82, 2.24) is 15.0 Å². The molecule has 1 rings (SSSR count). The second-order valence-corrected chi connectivity index (χ2v) is 3.44. The van der Waals surface area contributed by atoms with E-state index < -0.39 is 0 Å². The zero-order valence-electron chi connectivity index (χ0n) is 8.98. The largest absolute Gasteiger partial charge is 0.374 e. The van der Waals surface area contributed by atoms with E-state index in [1.54, 1.807) is 7.11 Å². The molecule has 5 heteroatoms. The summed E-state index contributed by atoms with van der Waals surface area (Å²) in [5, 5.41) is 0. The molecule has 1 atom stereocenters. The van der Waals surface area contributed by atoms with Crippen molar-refractivity contribution in [2.24, 2.45) is 0 Å². The molecule has 0 aliphatic rings. The zero-order chi connectivity index (χ0) is 10.7. The van der Waals surface area contributed by atoms with Crippen molar-refractivity contribution in [1.29, 1.82) is 0 Å². The van der Waals surface area contributed by atoms with E-state index in [2.05, 4.69) is 15.0 Å². The normalized spacial score (nSPS) is 13.2. The Morgan fingerprint density at radius 2 is 1.64 bits per heavy atom. The molecule has 1 heterocycles. The van der Waals surface area contributed by atoms with Crippen LogP contribution >= 0.6 is 0 Å². The maximum Gasteiger partial charge on any atom is 0.223 e. The minimum Gasteiger partial charge on any atom is -0.374 e. The Hall–Kier alpha value is -1.23. The lowest BCUT2D eigenvalue weighted by Gasteiger charge is -2.10. The summed E-state index contributed by atoms with van der Waals surface area (Å²) in [6, 6.07) is 0. The van der Waals surface area contributed by atoms with Gasteiger partial charge in [0.25, 0.3) is 0 Å². The van der Waals surface area contributed by atoms with Crippen LogP contribution in [0.3, 0.4) is 0 Å². The molecule has 0 amide bonds. The van der Waals surface area contributed by atoms with E-state index in [-0.39, 0.29) is 18.0 Å². The average Bonchev–Trinajstić information content (AvgIpc) is 2.15. The van der Waals surface area contributed by atoms with Crippen LogP contribution in [-0.2, 0) is 4.74 Å². The number of nitrogen functional groups attached to an aromatic ring is 1. The fourth-order valence-electron chi connectivity index (χ4n) is 0.973. The number of aromatic nitrogens is 3. The van der Waals surface area contributed by atoms with E-state index in [1.165, 1.54) is 0 Å². The molecule has 0 radical (unpaired) electrons.